The Morgan fingerprint density at radius 2 is 2.00 bits per heavy atom. The summed E-state index contributed by atoms with van der Waals surface area (Å²) in [7, 11) is 0. The molecule has 0 heterocycles. The molecule has 1 aromatic rings. The minimum atomic E-state index is -0.427. The Bertz CT molecular complexity index is 560. The molecule has 7 heteroatoms. The second-order valence-corrected chi connectivity index (χ2v) is 6.07. The molecule has 0 aliphatic carbocycles. The fourth-order valence-corrected chi connectivity index (χ4v) is 2.36. The molecule has 0 saturated heterocycles. The SMILES string of the molecule is Cc1ccc(C(C)NC(=O)NCC(C)CC(C)O)cc1[N+](=O)[O-]. The van der Waals surface area contributed by atoms with Crippen LogP contribution >= 0.6 is 0 Å². The van der Waals surface area contributed by atoms with Gasteiger partial charge in [-0.2, -0.15) is 0 Å². The number of aliphatic hydroxyl groups is 1. The van der Waals surface area contributed by atoms with E-state index >= 15 is 0 Å². The Labute approximate surface area is 136 Å². The molecule has 7 nitrogen and oxygen atoms in total. The first-order valence-electron chi connectivity index (χ1n) is 7.68. The van der Waals surface area contributed by atoms with Crippen LogP contribution < -0.4 is 10.6 Å². The van der Waals surface area contributed by atoms with Gasteiger partial charge in [-0.15, -0.1) is 0 Å². The van der Waals surface area contributed by atoms with Crippen molar-refractivity contribution in [3.8, 4) is 0 Å². The first-order valence-corrected chi connectivity index (χ1v) is 7.68. The highest BCUT2D eigenvalue weighted by Crippen LogP contribution is 2.23. The van der Waals surface area contributed by atoms with Crippen LogP contribution in [0.1, 0.15) is 44.4 Å². The molecule has 2 amide bonds. The van der Waals surface area contributed by atoms with E-state index in [4.69, 9.17) is 0 Å². The molecule has 3 atom stereocenters. The number of nitro benzene ring substituents is 1. The summed E-state index contributed by atoms with van der Waals surface area (Å²) >= 11 is 0. The van der Waals surface area contributed by atoms with E-state index in [0.717, 1.165) is 0 Å². The maximum absolute atomic E-state index is 11.9. The summed E-state index contributed by atoms with van der Waals surface area (Å²) in [6, 6.07) is 4.24. The van der Waals surface area contributed by atoms with Gasteiger partial charge in [-0.1, -0.05) is 19.1 Å². The molecule has 3 N–H and O–H groups in total. The molecular formula is C16H25N3O4. The second kappa shape index (κ2) is 8.47. The predicted octanol–water partition coefficient (Wildman–Crippen LogP) is 2.67. The molecule has 0 spiro atoms. The molecule has 3 unspecified atom stereocenters. The van der Waals surface area contributed by atoms with E-state index in [1.54, 1.807) is 32.9 Å². The van der Waals surface area contributed by atoms with Gasteiger partial charge in [-0.05, 0) is 38.7 Å². The number of hydrogen-bond donors (Lipinski definition) is 3. The van der Waals surface area contributed by atoms with Gasteiger partial charge in [0.1, 0.15) is 0 Å². The molecule has 0 bridgehead atoms. The van der Waals surface area contributed by atoms with Crippen molar-refractivity contribution >= 4 is 11.7 Å². The molecule has 128 valence electrons. The average Bonchev–Trinajstić information content (AvgIpc) is 2.44. The van der Waals surface area contributed by atoms with E-state index in [9.17, 15) is 20.0 Å². The summed E-state index contributed by atoms with van der Waals surface area (Å²) in [5.41, 5.74) is 1.30. The quantitative estimate of drug-likeness (QED) is 0.530. The Morgan fingerprint density at radius 1 is 1.35 bits per heavy atom. The lowest BCUT2D eigenvalue weighted by atomic mass is 10.0. The Hall–Kier alpha value is -2.15. The smallest absolute Gasteiger partial charge is 0.315 e. The number of carbonyl (C=O) groups excluding carboxylic acids is 1. The van der Waals surface area contributed by atoms with Crippen LogP contribution in [0.4, 0.5) is 10.5 Å². The molecule has 0 aliphatic rings. The maximum Gasteiger partial charge on any atom is 0.315 e. The van der Waals surface area contributed by atoms with Crippen LogP contribution in [0.15, 0.2) is 18.2 Å². The van der Waals surface area contributed by atoms with Crippen molar-refractivity contribution < 1.29 is 14.8 Å². The third-order valence-electron chi connectivity index (χ3n) is 3.63. The fourth-order valence-electron chi connectivity index (χ4n) is 2.36. The van der Waals surface area contributed by atoms with Gasteiger partial charge in [0.25, 0.3) is 5.69 Å². The lowest BCUT2D eigenvalue weighted by Crippen LogP contribution is -2.39. The van der Waals surface area contributed by atoms with E-state index in [1.807, 2.05) is 6.92 Å². The summed E-state index contributed by atoms with van der Waals surface area (Å²) in [5.74, 6) is 0.163. The maximum atomic E-state index is 11.9. The summed E-state index contributed by atoms with van der Waals surface area (Å²) in [4.78, 5) is 22.4. The molecular weight excluding hydrogens is 298 g/mol. The number of carbonyl (C=O) groups is 1. The summed E-state index contributed by atoms with van der Waals surface area (Å²) in [6.07, 6.45) is 0.210. The number of rotatable bonds is 7. The number of hydrogen-bond acceptors (Lipinski definition) is 4. The Balaban J connectivity index is 2.58. The zero-order valence-electron chi connectivity index (χ0n) is 14.0. The highest BCUT2D eigenvalue weighted by atomic mass is 16.6. The van der Waals surface area contributed by atoms with Crippen molar-refractivity contribution in [1.29, 1.82) is 0 Å². The van der Waals surface area contributed by atoms with E-state index < -0.39 is 11.0 Å². The third kappa shape index (κ3) is 6.23. The standard InChI is InChI=1S/C16H25N3O4/c1-10(7-12(3)20)9-17-16(21)18-13(4)14-6-5-11(2)15(8-14)19(22)23/h5-6,8,10,12-13,20H,7,9H2,1-4H3,(H2,17,18,21). The summed E-state index contributed by atoms with van der Waals surface area (Å²) < 4.78 is 0. The first-order chi connectivity index (χ1) is 10.7. The van der Waals surface area contributed by atoms with Crippen LogP contribution in [0.5, 0.6) is 0 Å². The molecule has 1 rings (SSSR count). The zero-order valence-corrected chi connectivity index (χ0v) is 14.0. The number of nitro groups is 1. The van der Waals surface area contributed by atoms with Crippen molar-refractivity contribution in [2.45, 2.75) is 46.3 Å². The van der Waals surface area contributed by atoms with Gasteiger partial charge in [0, 0.05) is 18.2 Å². The Kier molecular flexibility index (Phi) is 6.96. The van der Waals surface area contributed by atoms with Gasteiger partial charge >= 0.3 is 6.03 Å². The highest BCUT2D eigenvalue weighted by Gasteiger charge is 2.16. The Morgan fingerprint density at radius 3 is 2.57 bits per heavy atom. The van der Waals surface area contributed by atoms with Gasteiger partial charge < -0.3 is 15.7 Å². The van der Waals surface area contributed by atoms with E-state index in [1.165, 1.54) is 6.07 Å². The van der Waals surface area contributed by atoms with Crippen LogP contribution in [0.2, 0.25) is 0 Å². The number of urea groups is 1. The molecule has 0 aromatic heterocycles. The van der Waals surface area contributed by atoms with Crippen molar-refractivity contribution in [3.05, 3.63) is 39.4 Å². The number of aryl methyl sites for hydroxylation is 1. The zero-order chi connectivity index (χ0) is 17.6. The molecule has 0 saturated carbocycles. The number of nitrogens with zero attached hydrogens (tertiary/aromatic N) is 1. The van der Waals surface area contributed by atoms with Crippen LogP contribution in [-0.4, -0.2) is 28.7 Å². The largest absolute Gasteiger partial charge is 0.393 e. The number of amides is 2. The molecule has 23 heavy (non-hydrogen) atoms. The number of aliphatic hydroxyl groups excluding tert-OH is 1. The van der Waals surface area contributed by atoms with E-state index in [2.05, 4.69) is 10.6 Å². The fraction of sp³-hybridized carbons (Fsp3) is 0.562. The van der Waals surface area contributed by atoms with Gasteiger partial charge in [0.15, 0.2) is 0 Å². The van der Waals surface area contributed by atoms with Crippen LogP contribution in [-0.2, 0) is 0 Å². The van der Waals surface area contributed by atoms with Gasteiger partial charge in [-0.25, -0.2) is 4.79 Å². The molecule has 0 radical (unpaired) electrons. The summed E-state index contributed by atoms with van der Waals surface area (Å²) in [5, 5.41) is 25.8. The number of nitrogens with one attached hydrogen (secondary N) is 2. The van der Waals surface area contributed by atoms with E-state index in [0.29, 0.717) is 24.1 Å². The summed E-state index contributed by atoms with van der Waals surface area (Å²) in [6.45, 7) is 7.56. The monoisotopic (exact) mass is 323 g/mol. The van der Waals surface area contributed by atoms with Crippen LogP contribution in [0.25, 0.3) is 0 Å². The third-order valence-corrected chi connectivity index (χ3v) is 3.63. The predicted molar refractivity (Wildman–Crippen MR) is 88.2 cm³/mol. The minimum absolute atomic E-state index is 0.0436. The van der Waals surface area contributed by atoms with Crippen LogP contribution in [0.3, 0.4) is 0 Å². The second-order valence-electron chi connectivity index (χ2n) is 6.07. The molecule has 0 fully saturated rings. The topological polar surface area (TPSA) is 104 Å². The van der Waals surface area contributed by atoms with Crippen molar-refractivity contribution in [2.24, 2.45) is 5.92 Å². The van der Waals surface area contributed by atoms with Crippen molar-refractivity contribution in [2.75, 3.05) is 6.54 Å². The van der Waals surface area contributed by atoms with E-state index in [-0.39, 0.29) is 23.7 Å². The average molecular weight is 323 g/mol. The normalized spacial score (nSPS) is 14.7. The van der Waals surface area contributed by atoms with Gasteiger partial charge in [-0.3, -0.25) is 10.1 Å². The van der Waals surface area contributed by atoms with Crippen molar-refractivity contribution in [1.82, 2.24) is 10.6 Å². The lowest BCUT2D eigenvalue weighted by Gasteiger charge is -2.18. The van der Waals surface area contributed by atoms with Crippen LogP contribution in [0, 0.1) is 23.0 Å². The van der Waals surface area contributed by atoms with Crippen molar-refractivity contribution in [3.63, 3.8) is 0 Å². The molecule has 0 aliphatic heterocycles. The minimum Gasteiger partial charge on any atom is -0.393 e. The first kappa shape index (κ1) is 18.9. The molecule has 1 aromatic carbocycles. The van der Waals surface area contributed by atoms with Gasteiger partial charge in [0.05, 0.1) is 17.1 Å². The highest BCUT2D eigenvalue weighted by molar-refractivity contribution is 5.74. The van der Waals surface area contributed by atoms with Gasteiger partial charge in [0.2, 0.25) is 0 Å². The number of benzene rings is 1. The lowest BCUT2D eigenvalue weighted by molar-refractivity contribution is -0.385.